The summed E-state index contributed by atoms with van der Waals surface area (Å²) in [4.78, 5) is 14.1. The highest BCUT2D eigenvalue weighted by Gasteiger charge is 2.09. The van der Waals surface area contributed by atoms with E-state index in [1.165, 1.54) is 0 Å². The van der Waals surface area contributed by atoms with E-state index in [0.29, 0.717) is 0 Å². The molecule has 3 aromatic heterocycles. The van der Waals surface area contributed by atoms with E-state index in [4.69, 9.17) is 4.98 Å². The van der Waals surface area contributed by atoms with Gasteiger partial charge in [-0.05, 0) is 47.5 Å². The first kappa shape index (κ1) is 20.7. The molecule has 5 aromatic rings. The Balaban J connectivity index is 1.43. The molecular weight excluding hydrogens is 526 g/mol. The van der Waals surface area contributed by atoms with E-state index >= 15 is 0 Å². The number of aromatic nitrogens is 3. The van der Waals surface area contributed by atoms with Crippen LogP contribution in [0, 0.1) is 0 Å². The van der Waals surface area contributed by atoms with Gasteiger partial charge in [0, 0.05) is 32.5 Å². The van der Waals surface area contributed by atoms with Crippen molar-refractivity contribution in [2.24, 2.45) is 0 Å². The van der Waals surface area contributed by atoms with Crippen LogP contribution in [0.15, 0.2) is 112 Å². The predicted molar refractivity (Wildman–Crippen MR) is 137 cm³/mol. The van der Waals surface area contributed by atoms with Crippen molar-refractivity contribution in [3.8, 4) is 45.0 Å². The molecule has 0 atom stereocenters. The zero-order valence-corrected chi connectivity index (χ0v) is 20.1. The Morgan fingerprint density at radius 2 is 0.906 bits per heavy atom. The molecule has 154 valence electrons. The number of hydrogen-bond acceptors (Lipinski definition) is 3. The molecule has 0 N–H and O–H groups in total. The minimum Gasteiger partial charge on any atom is -0.254 e. The summed E-state index contributed by atoms with van der Waals surface area (Å²) in [5, 5.41) is 0. The van der Waals surface area contributed by atoms with Crippen LogP contribution in [-0.4, -0.2) is 15.0 Å². The molecule has 32 heavy (non-hydrogen) atoms. The summed E-state index contributed by atoms with van der Waals surface area (Å²) in [6.07, 6.45) is 3.77. The van der Waals surface area contributed by atoms with Crippen LogP contribution in [0.1, 0.15) is 0 Å². The third-order valence-electron chi connectivity index (χ3n) is 5.17. The van der Waals surface area contributed by atoms with Crippen LogP contribution in [0.3, 0.4) is 0 Å². The van der Waals surface area contributed by atoms with Crippen LogP contribution < -0.4 is 0 Å². The highest BCUT2D eigenvalue weighted by atomic mass is 79.9. The molecule has 0 saturated heterocycles. The van der Waals surface area contributed by atoms with Crippen molar-refractivity contribution in [3.05, 3.63) is 112 Å². The van der Waals surface area contributed by atoms with Crippen LogP contribution in [0.25, 0.3) is 45.0 Å². The largest absolute Gasteiger partial charge is 0.254 e. The maximum Gasteiger partial charge on any atom is 0.0894 e. The average molecular weight is 543 g/mol. The second-order valence-corrected chi connectivity index (χ2v) is 8.94. The number of pyridine rings is 3. The fraction of sp³-hybridized carbons (Fsp3) is 0. The van der Waals surface area contributed by atoms with Crippen molar-refractivity contribution in [3.63, 3.8) is 0 Å². The lowest BCUT2D eigenvalue weighted by Crippen LogP contribution is -1.92. The summed E-state index contributed by atoms with van der Waals surface area (Å²) in [5.74, 6) is 0. The summed E-state index contributed by atoms with van der Waals surface area (Å²) >= 11 is 7.21. The van der Waals surface area contributed by atoms with E-state index in [9.17, 15) is 0 Å². The Hall–Kier alpha value is -3.15. The van der Waals surface area contributed by atoms with Crippen molar-refractivity contribution in [2.45, 2.75) is 0 Å². The van der Waals surface area contributed by atoms with E-state index in [1.807, 2.05) is 79.1 Å². The van der Waals surface area contributed by atoms with Gasteiger partial charge in [0.1, 0.15) is 0 Å². The minimum atomic E-state index is 0.817. The summed E-state index contributed by atoms with van der Waals surface area (Å²) < 4.78 is 2.10. The second-order valence-electron chi connectivity index (χ2n) is 7.23. The zero-order chi connectivity index (χ0) is 21.9. The van der Waals surface area contributed by atoms with Crippen LogP contribution >= 0.6 is 31.9 Å². The van der Waals surface area contributed by atoms with E-state index in [0.717, 1.165) is 54.0 Å². The highest BCUT2D eigenvalue weighted by molar-refractivity contribution is 9.11. The summed E-state index contributed by atoms with van der Waals surface area (Å²) in [6, 6.07) is 30.3. The molecule has 5 rings (SSSR count). The van der Waals surface area contributed by atoms with Crippen LogP contribution in [0.4, 0.5) is 0 Å². The number of hydrogen-bond donors (Lipinski definition) is 0. The van der Waals surface area contributed by atoms with Crippen molar-refractivity contribution in [2.75, 3.05) is 0 Å². The molecule has 0 aliphatic rings. The standard InChI is InChI=1S/C27H17Br2N3/c28-22-8-3-1-6-20(22)18-12-14-24(30-16-18)26-10-5-11-27(32-26)25-15-13-19(17-31-25)21-7-2-4-9-23(21)29/h1-17H. The first-order valence-corrected chi connectivity index (χ1v) is 11.7. The van der Waals surface area contributed by atoms with E-state index in [2.05, 4.69) is 66.1 Å². The summed E-state index contributed by atoms with van der Waals surface area (Å²) in [5.41, 5.74) is 7.63. The first-order valence-electron chi connectivity index (χ1n) is 10.1. The highest BCUT2D eigenvalue weighted by Crippen LogP contribution is 2.30. The van der Waals surface area contributed by atoms with Gasteiger partial charge < -0.3 is 0 Å². The number of nitrogens with zero attached hydrogens (tertiary/aromatic N) is 3. The third kappa shape index (κ3) is 4.27. The van der Waals surface area contributed by atoms with E-state index in [1.54, 1.807) is 0 Å². The lowest BCUT2D eigenvalue weighted by molar-refractivity contribution is 1.22. The smallest absolute Gasteiger partial charge is 0.0894 e. The van der Waals surface area contributed by atoms with E-state index < -0.39 is 0 Å². The van der Waals surface area contributed by atoms with Gasteiger partial charge in [-0.1, -0.05) is 86.5 Å². The molecule has 0 spiro atoms. The lowest BCUT2D eigenvalue weighted by Gasteiger charge is -2.08. The first-order chi connectivity index (χ1) is 15.7. The maximum absolute atomic E-state index is 4.81. The molecule has 5 heteroatoms. The molecule has 3 nitrogen and oxygen atoms in total. The molecule has 3 heterocycles. The fourth-order valence-corrected chi connectivity index (χ4v) is 4.55. The van der Waals surface area contributed by atoms with Gasteiger partial charge in [-0.25, -0.2) is 4.98 Å². The SMILES string of the molecule is Brc1ccccc1-c1ccc(-c2cccc(-c3ccc(-c4ccccc4Br)cn3)n2)nc1. The molecule has 2 aromatic carbocycles. The van der Waals surface area contributed by atoms with Gasteiger partial charge in [-0.2, -0.15) is 0 Å². The van der Waals surface area contributed by atoms with Crippen molar-refractivity contribution in [1.82, 2.24) is 15.0 Å². The average Bonchev–Trinajstić information content (AvgIpc) is 2.85. The Kier molecular flexibility index (Phi) is 5.93. The predicted octanol–water partition coefficient (Wildman–Crippen LogP) is 8.06. The molecule has 0 aliphatic heterocycles. The van der Waals surface area contributed by atoms with Crippen molar-refractivity contribution >= 4 is 31.9 Å². The Morgan fingerprint density at radius 3 is 1.31 bits per heavy atom. The maximum atomic E-state index is 4.81. The number of halogens is 2. The topological polar surface area (TPSA) is 38.7 Å². The number of rotatable bonds is 4. The van der Waals surface area contributed by atoms with Crippen LogP contribution in [0.5, 0.6) is 0 Å². The number of benzene rings is 2. The fourth-order valence-electron chi connectivity index (χ4n) is 3.52. The van der Waals surface area contributed by atoms with Gasteiger partial charge in [0.05, 0.1) is 22.8 Å². The monoisotopic (exact) mass is 541 g/mol. The molecule has 0 aliphatic carbocycles. The minimum absolute atomic E-state index is 0.817. The van der Waals surface area contributed by atoms with Crippen molar-refractivity contribution < 1.29 is 0 Å². The van der Waals surface area contributed by atoms with Gasteiger partial charge >= 0.3 is 0 Å². The molecule has 0 saturated carbocycles. The second kappa shape index (κ2) is 9.15. The molecule has 0 amide bonds. The normalized spacial score (nSPS) is 10.8. The summed E-state index contributed by atoms with van der Waals surface area (Å²) in [6.45, 7) is 0. The lowest BCUT2D eigenvalue weighted by atomic mass is 10.1. The molecular formula is C27H17Br2N3. The molecule has 0 radical (unpaired) electrons. The van der Waals surface area contributed by atoms with Crippen LogP contribution in [0.2, 0.25) is 0 Å². The van der Waals surface area contributed by atoms with Crippen molar-refractivity contribution in [1.29, 1.82) is 0 Å². The van der Waals surface area contributed by atoms with Gasteiger partial charge in [0.2, 0.25) is 0 Å². The van der Waals surface area contributed by atoms with Gasteiger partial charge in [0.15, 0.2) is 0 Å². The summed E-state index contributed by atoms with van der Waals surface area (Å²) in [7, 11) is 0. The Labute approximate surface area is 203 Å². The Morgan fingerprint density at radius 1 is 0.438 bits per heavy atom. The van der Waals surface area contributed by atoms with Gasteiger partial charge in [0.25, 0.3) is 0 Å². The molecule has 0 fully saturated rings. The van der Waals surface area contributed by atoms with Gasteiger partial charge in [-0.3, -0.25) is 9.97 Å². The quantitative estimate of drug-likeness (QED) is 0.230. The van der Waals surface area contributed by atoms with Gasteiger partial charge in [-0.15, -0.1) is 0 Å². The third-order valence-corrected chi connectivity index (χ3v) is 6.55. The molecule has 0 unspecified atom stereocenters. The Bertz CT molecular complexity index is 1280. The van der Waals surface area contributed by atoms with E-state index in [-0.39, 0.29) is 0 Å². The van der Waals surface area contributed by atoms with Crippen LogP contribution in [-0.2, 0) is 0 Å². The molecule has 0 bridgehead atoms. The zero-order valence-electron chi connectivity index (χ0n) is 16.9.